The van der Waals surface area contributed by atoms with Crippen LogP contribution in [0.1, 0.15) is 11.1 Å². The van der Waals surface area contributed by atoms with E-state index in [0.29, 0.717) is 16.8 Å². The third-order valence-corrected chi connectivity index (χ3v) is 2.79. The average Bonchev–Trinajstić information content (AvgIpc) is 2.32. The predicted octanol–water partition coefficient (Wildman–Crippen LogP) is 4.28. The highest BCUT2D eigenvalue weighted by Crippen LogP contribution is 2.23. The third-order valence-electron chi connectivity index (χ3n) is 2.33. The van der Waals surface area contributed by atoms with Gasteiger partial charge in [0, 0.05) is 16.8 Å². The minimum atomic E-state index is 0.450. The topological polar surface area (TPSA) is 22.1 Å². The van der Waals surface area contributed by atoms with E-state index in [9.17, 15) is 0 Å². The van der Waals surface area contributed by atoms with Gasteiger partial charge in [-0.1, -0.05) is 35.3 Å². The van der Waals surface area contributed by atoms with E-state index in [2.05, 4.69) is 4.98 Å². The molecule has 0 fully saturated rings. The standard InChI is InChI=1S/C13H11Cl2NO/c1-9-2-4-11(14)6-12(9)17-8-10-3-5-13(15)16-7-10/h2-7H,8H2,1H3. The summed E-state index contributed by atoms with van der Waals surface area (Å²) in [5.41, 5.74) is 2.02. The minimum Gasteiger partial charge on any atom is -0.489 e. The normalized spacial score (nSPS) is 10.3. The van der Waals surface area contributed by atoms with E-state index in [1.807, 2.05) is 25.1 Å². The first-order valence-electron chi connectivity index (χ1n) is 5.14. The monoisotopic (exact) mass is 267 g/mol. The summed E-state index contributed by atoms with van der Waals surface area (Å²) < 4.78 is 5.68. The molecule has 1 aromatic carbocycles. The smallest absolute Gasteiger partial charge is 0.129 e. The van der Waals surface area contributed by atoms with Crippen LogP contribution < -0.4 is 4.74 Å². The molecule has 1 heterocycles. The van der Waals surface area contributed by atoms with Gasteiger partial charge in [0.1, 0.15) is 17.5 Å². The lowest BCUT2D eigenvalue weighted by Crippen LogP contribution is -1.97. The number of pyridine rings is 1. The molecule has 0 radical (unpaired) electrons. The molecule has 4 heteroatoms. The largest absolute Gasteiger partial charge is 0.489 e. The van der Waals surface area contributed by atoms with E-state index in [0.717, 1.165) is 16.9 Å². The van der Waals surface area contributed by atoms with Gasteiger partial charge in [0.2, 0.25) is 0 Å². The highest BCUT2D eigenvalue weighted by molar-refractivity contribution is 6.30. The second kappa shape index (κ2) is 5.39. The van der Waals surface area contributed by atoms with Gasteiger partial charge >= 0.3 is 0 Å². The van der Waals surface area contributed by atoms with E-state index in [1.54, 1.807) is 18.3 Å². The summed E-state index contributed by atoms with van der Waals surface area (Å²) >= 11 is 11.6. The van der Waals surface area contributed by atoms with Crippen LogP contribution in [0, 0.1) is 6.92 Å². The van der Waals surface area contributed by atoms with Crippen molar-refractivity contribution in [2.24, 2.45) is 0 Å². The lowest BCUT2D eigenvalue weighted by atomic mass is 10.2. The first-order chi connectivity index (χ1) is 8.15. The Kier molecular flexibility index (Phi) is 3.87. The number of ether oxygens (including phenoxy) is 1. The molecular weight excluding hydrogens is 257 g/mol. The van der Waals surface area contributed by atoms with Gasteiger partial charge in [-0.25, -0.2) is 4.98 Å². The molecule has 88 valence electrons. The molecule has 17 heavy (non-hydrogen) atoms. The first-order valence-corrected chi connectivity index (χ1v) is 5.90. The SMILES string of the molecule is Cc1ccc(Cl)cc1OCc1ccc(Cl)nc1. The zero-order chi connectivity index (χ0) is 12.3. The Balaban J connectivity index is 2.07. The van der Waals surface area contributed by atoms with E-state index >= 15 is 0 Å². The predicted molar refractivity (Wildman–Crippen MR) is 69.8 cm³/mol. The molecule has 0 N–H and O–H groups in total. The Morgan fingerprint density at radius 3 is 2.71 bits per heavy atom. The molecule has 0 aliphatic heterocycles. The highest BCUT2D eigenvalue weighted by Gasteiger charge is 2.01. The van der Waals surface area contributed by atoms with Crippen LogP contribution in [-0.4, -0.2) is 4.98 Å². The van der Waals surface area contributed by atoms with Crippen molar-refractivity contribution >= 4 is 23.2 Å². The summed E-state index contributed by atoms with van der Waals surface area (Å²) in [4.78, 5) is 3.99. The second-order valence-electron chi connectivity index (χ2n) is 3.69. The van der Waals surface area contributed by atoms with E-state index in [-0.39, 0.29) is 0 Å². The van der Waals surface area contributed by atoms with Crippen molar-refractivity contribution in [3.63, 3.8) is 0 Å². The maximum Gasteiger partial charge on any atom is 0.129 e. The van der Waals surface area contributed by atoms with Crippen LogP contribution >= 0.6 is 23.2 Å². The minimum absolute atomic E-state index is 0.450. The first kappa shape index (κ1) is 12.2. The zero-order valence-electron chi connectivity index (χ0n) is 9.28. The lowest BCUT2D eigenvalue weighted by molar-refractivity contribution is 0.303. The molecule has 0 atom stereocenters. The molecule has 0 saturated heterocycles. The summed E-state index contributed by atoms with van der Waals surface area (Å²) in [5.74, 6) is 0.785. The van der Waals surface area contributed by atoms with Crippen molar-refractivity contribution in [3.8, 4) is 5.75 Å². The number of rotatable bonds is 3. The van der Waals surface area contributed by atoms with Gasteiger partial charge in [-0.05, 0) is 30.7 Å². The molecular formula is C13H11Cl2NO. The molecule has 0 aliphatic rings. The van der Waals surface area contributed by atoms with Gasteiger partial charge in [-0.15, -0.1) is 0 Å². The Labute approximate surface area is 110 Å². The van der Waals surface area contributed by atoms with E-state index in [1.165, 1.54) is 0 Å². The molecule has 0 saturated carbocycles. The van der Waals surface area contributed by atoms with Crippen molar-refractivity contribution in [1.82, 2.24) is 4.98 Å². The van der Waals surface area contributed by atoms with Crippen LogP contribution in [0.15, 0.2) is 36.5 Å². The number of hydrogen-bond acceptors (Lipinski definition) is 2. The zero-order valence-corrected chi connectivity index (χ0v) is 10.8. The van der Waals surface area contributed by atoms with Crippen LogP contribution in [0.25, 0.3) is 0 Å². The Hall–Kier alpha value is -1.25. The molecule has 1 aromatic heterocycles. The van der Waals surface area contributed by atoms with Gasteiger partial charge in [0.25, 0.3) is 0 Å². The average molecular weight is 268 g/mol. The summed E-state index contributed by atoms with van der Waals surface area (Å²) in [6.45, 7) is 2.43. The fourth-order valence-corrected chi connectivity index (χ4v) is 1.66. The second-order valence-corrected chi connectivity index (χ2v) is 4.51. The van der Waals surface area contributed by atoms with Crippen molar-refractivity contribution in [1.29, 1.82) is 0 Å². The number of aromatic nitrogens is 1. The summed E-state index contributed by atoms with van der Waals surface area (Å²) in [6, 6.07) is 9.20. The van der Waals surface area contributed by atoms with Crippen LogP contribution in [0.4, 0.5) is 0 Å². The number of hydrogen-bond donors (Lipinski definition) is 0. The molecule has 0 amide bonds. The fourth-order valence-electron chi connectivity index (χ4n) is 1.38. The Morgan fingerprint density at radius 2 is 2.00 bits per heavy atom. The van der Waals surface area contributed by atoms with Crippen LogP contribution in [0.5, 0.6) is 5.75 Å². The quantitative estimate of drug-likeness (QED) is 0.775. The molecule has 2 nitrogen and oxygen atoms in total. The summed E-state index contributed by atoms with van der Waals surface area (Å²) in [7, 11) is 0. The Morgan fingerprint density at radius 1 is 1.18 bits per heavy atom. The maximum absolute atomic E-state index is 5.91. The van der Waals surface area contributed by atoms with Crippen LogP contribution in [0.3, 0.4) is 0 Å². The third kappa shape index (κ3) is 3.35. The van der Waals surface area contributed by atoms with Crippen molar-refractivity contribution in [3.05, 3.63) is 57.8 Å². The summed E-state index contributed by atoms with van der Waals surface area (Å²) in [5, 5.41) is 1.15. The molecule has 0 bridgehead atoms. The molecule has 0 aliphatic carbocycles. The molecule has 2 rings (SSSR count). The van der Waals surface area contributed by atoms with Gasteiger partial charge < -0.3 is 4.74 Å². The number of aryl methyl sites for hydroxylation is 1. The van der Waals surface area contributed by atoms with Crippen molar-refractivity contribution < 1.29 is 4.74 Å². The lowest BCUT2D eigenvalue weighted by Gasteiger charge is -2.09. The van der Waals surface area contributed by atoms with E-state index < -0.39 is 0 Å². The number of benzene rings is 1. The van der Waals surface area contributed by atoms with Gasteiger partial charge in [-0.3, -0.25) is 0 Å². The van der Waals surface area contributed by atoms with Gasteiger partial charge in [0.15, 0.2) is 0 Å². The van der Waals surface area contributed by atoms with Crippen LogP contribution in [-0.2, 0) is 6.61 Å². The Bertz CT molecular complexity index is 511. The highest BCUT2D eigenvalue weighted by atomic mass is 35.5. The fraction of sp³-hybridized carbons (Fsp3) is 0.154. The molecule has 0 spiro atoms. The maximum atomic E-state index is 5.91. The van der Waals surface area contributed by atoms with Gasteiger partial charge in [-0.2, -0.15) is 0 Å². The summed E-state index contributed by atoms with van der Waals surface area (Å²) in [6.07, 6.45) is 1.70. The van der Waals surface area contributed by atoms with Crippen molar-refractivity contribution in [2.75, 3.05) is 0 Å². The van der Waals surface area contributed by atoms with E-state index in [4.69, 9.17) is 27.9 Å². The van der Waals surface area contributed by atoms with Crippen LogP contribution in [0.2, 0.25) is 10.2 Å². The van der Waals surface area contributed by atoms with Gasteiger partial charge in [0.05, 0.1) is 0 Å². The van der Waals surface area contributed by atoms with Crippen molar-refractivity contribution in [2.45, 2.75) is 13.5 Å². The number of nitrogens with zero attached hydrogens (tertiary/aromatic N) is 1. The molecule has 0 unspecified atom stereocenters. The number of halogens is 2. The molecule has 2 aromatic rings.